The Balaban J connectivity index is 2.28. The summed E-state index contributed by atoms with van der Waals surface area (Å²) in [7, 11) is -3.73. The van der Waals surface area contributed by atoms with Crippen molar-refractivity contribution in [2.24, 2.45) is 0 Å². The molecule has 0 aliphatic rings. The Labute approximate surface area is 172 Å². The zero-order valence-electron chi connectivity index (χ0n) is 17.6. The molecule has 3 aromatic carbocycles. The number of hydrogen-bond acceptors (Lipinski definition) is 1. The topological polar surface area (TPSA) is 9.23 Å². The molecule has 28 heavy (non-hydrogen) atoms. The molecular formula is C25H33OPSi. The summed E-state index contributed by atoms with van der Waals surface area (Å²) in [5.74, 6) is 0. The van der Waals surface area contributed by atoms with Crippen LogP contribution in [-0.4, -0.2) is 26.6 Å². The van der Waals surface area contributed by atoms with Crippen molar-refractivity contribution in [1.29, 1.82) is 0 Å². The van der Waals surface area contributed by atoms with Crippen LogP contribution in [0.5, 0.6) is 0 Å². The van der Waals surface area contributed by atoms with Crippen LogP contribution in [0.2, 0.25) is 19.6 Å². The van der Waals surface area contributed by atoms with Gasteiger partial charge in [-0.1, -0.05) is 0 Å². The van der Waals surface area contributed by atoms with E-state index in [1.165, 1.54) is 15.9 Å². The van der Waals surface area contributed by atoms with Crippen molar-refractivity contribution in [1.82, 2.24) is 0 Å². The van der Waals surface area contributed by atoms with Gasteiger partial charge in [-0.25, -0.2) is 0 Å². The monoisotopic (exact) mass is 408 g/mol. The fourth-order valence-electron chi connectivity index (χ4n) is 4.12. The normalized spacial score (nSPS) is 13.9. The summed E-state index contributed by atoms with van der Waals surface area (Å²) in [5, 5.41) is 4.40. The molecule has 0 bridgehead atoms. The molecule has 0 saturated heterocycles. The molecule has 3 rings (SSSR count). The summed E-state index contributed by atoms with van der Waals surface area (Å²) in [5.41, 5.74) is 0.324. The van der Waals surface area contributed by atoms with Crippen LogP contribution in [0.15, 0.2) is 91.0 Å². The first-order valence-corrected chi connectivity index (χ1v) is 16.0. The van der Waals surface area contributed by atoms with Gasteiger partial charge < -0.3 is 0 Å². The first-order valence-electron chi connectivity index (χ1n) is 10.3. The molecule has 1 unspecified atom stereocenters. The third-order valence-electron chi connectivity index (χ3n) is 5.63. The third kappa shape index (κ3) is 4.46. The second-order valence-electron chi connectivity index (χ2n) is 8.52. The summed E-state index contributed by atoms with van der Waals surface area (Å²) >= 11 is 0. The van der Waals surface area contributed by atoms with Gasteiger partial charge in [0, 0.05) is 0 Å². The van der Waals surface area contributed by atoms with E-state index in [9.17, 15) is 0 Å². The van der Waals surface area contributed by atoms with E-state index < -0.39 is 15.3 Å². The molecule has 1 nitrogen and oxygen atoms in total. The average Bonchev–Trinajstić information content (AvgIpc) is 2.72. The van der Waals surface area contributed by atoms with Gasteiger partial charge in [0.25, 0.3) is 0 Å². The molecule has 1 atom stereocenters. The van der Waals surface area contributed by atoms with Gasteiger partial charge in [-0.2, -0.15) is 0 Å². The maximum absolute atomic E-state index is 6.42. The van der Waals surface area contributed by atoms with Gasteiger partial charge in [0.15, 0.2) is 0 Å². The summed E-state index contributed by atoms with van der Waals surface area (Å²) in [6.45, 7) is 10.2. The van der Waals surface area contributed by atoms with Crippen molar-refractivity contribution in [3.8, 4) is 0 Å². The molecule has 3 aromatic rings. The van der Waals surface area contributed by atoms with Gasteiger partial charge in [-0.05, 0) is 0 Å². The first-order chi connectivity index (χ1) is 13.5. The molecule has 3 heteroatoms. The quantitative estimate of drug-likeness (QED) is 0.377. The first kappa shape index (κ1) is 21.0. The Bertz CT molecular complexity index is 747. The Hall–Kier alpha value is -1.73. The molecule has 148 valence electrons. The van der Waals surface area contributed by atoms with Crippen molar-refractivity contribution in [2.45, 2.75) is 32.3 Å². The van der Waals surface area contributed by atoms with Crippen LogP contribution in [-0.2, 0) is 4.74 Å². The van der Waals surface area contributed by atoms with Gasteiger partial charge in [0.2, 0.25) is 0 Å². The maximum atomic E-state index is 6.42. The van der Waals surface area contributed by atoms with E-state index in [0.29, 0.717) is 5.73 Å². The fraction of sp³-hybridized carbons (Fsp3) is 0.280. The zero-order valence-corrected chi connectivity index (χ0v) is 19.6. The summed E-state index contributed by atoms with van der Waals surface area (Å²) in [6, 6.07) is 33.5. The molecule has 0 radical (unpaired) electrons. The van der Waals surface area contributed by atoms with Gasteiger partial charge in [-0.15, -0.1) is 0 Å². The Morgan fingerprint density at radius 2 is 1.04 bits per heavy atom. The second-order valence-corrected chi connectivity index (χ2v) is 17.8. The van der Waals surface area contributed by atoms with Crippen LogP contribution in [0.4, 0.5) is 0 Å². The second kappa shape index (κ2) is 9.18. The molecule has 0 fully saturated rings. The van der Waals surface area contributed by atoms with E-state index in [4.69, 9.17) is 4.74 Å². The SMILES string of the molecule is CCOC(C[PH](c1ccccc1)(c1ccccc1)c1ccccc1)[Si](C)(C)C. The van der Waals surface area contributed by atoms with Crippen LogP contribution in [0.1, 0.15) is 6.92 Å². The predicted molar refractivity (Wildman–Crippen MR) is 130 cm³/mol. The van der Waals surface area contributed by atoms with Crippen molar-refractivity contribution in [3.05, 3.63) is 91.0 Å². The van der Waals surface area contributed by atoms with Crippen LogP contribution in [0, 0.1) is 0 Å². The molecule has 0 spiro atoms. The van der Waals surface area contributed by atoms with E-state index in [1.807, 2.05) is 0 Å². The zero-order chi connectivity index (χ0) is 20.0. The van der Waals surface area contributed by atoms with E-state index in [-0.39, 0.29) is 0 Å². The van der Waals surface area contributed by atoms with Crippen molar-refractivity contribution >= 4 is 31.2 Å². The Morgan fingerprint density at radius 1 is 0.679 bits per heavy atom. The molecule has 0 aliphatic heterocycles. The summed E-state index contributed by atoms with van der Waals surface area (Å²) in [4.78, 5) is 0. The Morgan fingerprint density at radius 3 is 1.32 bits per heavy atom. The standard InChI is InChI=1S/C25H33OPSi/c1-5-26-25(28(2,3)4)21-27(22-15-9-6-10-16-22,23-17-11-7-12-18-23)24-19-13-8-14-20-24/h6-20,25,27H,5,21H2,1-4H3. The molecule has 0 heterocycles. The summed E-state index contributed by atoms with van der Waals surface area (Å²) < 4.78 is 6.42. The minimum absolute atomic E-state index is 0.324. The van der Waals surface area contributed by atoms with Gasteiger partial charge in [-0.3, -0.25) is 0 Å². The molecule has 0 N–H and O–H groups in total. The van der Waals surface area contributed by atoms with Crippen LogP contribution < -0.4 is 15.9 Å². The van der Waals surface area contributed by atoms with Crippen LogP contribution in [0.3, 0.4) is 0 Å². The van der Waals surface area contributed by atoms with Crippen LogP contribution >= 0.6 is 7.26 Å². The van der Waals surface area contributed by atoms with E-state index in [0.717, 1.165) is 12.8 Å². The third-order valence-corrected chi connectivity index (χ3v) is 13.3. The van der Waals surface area contributed by atoms with Crippen LogP contribution in [0.25, 0.3) is 0 Å². The predicted octanol–water partition coefficient (Wildman–Crippen LogP) is 5.00. The molecule has 0 saturated carbocycles. The van der Waals surface area contributed by atoms with Gasteiger partial charge in [0.1, 0.15) is 0 Å². The van der Waals surface area contributed by atoms with Crippen molar-refractivity contribution in [2.75, 3.05) is 12.8 Å². The molecular weight excluding hydrogens is 375 g/mol. The number of hydrogen-bond donors (Lipinski definition) is 0. The molecule has 0 aliphatic carbocycles. The van der Waals surface area contributed by atoms with E-state index in [2.05, 4.69) is 118 Å². The molecule has 0 aromatic heterocycles. The number of ether oxygens (including phenoxy) is 1. The number of benzene rings is 3. The van der Waals surface area contributed by atoms with E-state index in [1.54, 1.807) is 0 Å². The number of rotatable bonds is 8. The van der Waals surface area contributed by atoms with Gasteiger partial charge in [0.05, 0.1) is 0 Å². The minimum atomic E-state index is -2.22. The van der Waals surface area contributed by atoms with Crippen molar-refractivity contribution < 1.29 is 4.74 Å². The van der Waals surface area contributed by atoms with Crippen molar-refractivity contribution in [3.63, 3.8) is 0 Å². The van der Waals surface area contributed by atoms with Gasteiger partial charge >= 0.3 is 172 Å². The average molecular weight is 409 g/mol. The van der Waals surface area contributed by atoms with E-state index >= 15 is 0 Å². The Kier molecular flexibility index (Phi) is 6.88. The summed E-state index contributed by atoms with van der Waals surface area (Å²) in [6.07, 6.45) is 1.09. The molecule has 0 amide bonds. The fourth-order valence-corrected chi connectivity index (χ4v) is 12.8.